The molecule has 0 radical (unpaired) electrons. The third-order valence-electron chi connectivity index (χ3n) is 4.44. The van der Waals surface area contributed by atoms with E-state index in [9.17, 15) is 0 Å². The number of pyridine rings is 1. The van der Waals surface area contributed by atoms with Crippen molar-refractivity contribution in [3.8, 4) is 11.8 Å². The summed E-state index contributed by atoms with van der Waals surface area (Å²) in [6.07, 6.45) is 5.73. The van der Waals surface area contributed by atoms with E-state index < -0.39 is 8.32 Å². The zero-order valence-corrected chi connectivity index (χ0v) is 16.0. The molecule has 0 aliphatic heterocycles. The fourth-order valence-corrected chi connectivity index (χ4v) is 2.91. The van der Waals surface area contributed by atoms with E-state index in [1.54, 1.807) is 6.20 Å². The summed E-state index contributed by atoms with van der Waals surface area (Å²) in [6.45, 7) is 11.1. The van der Waals surface area contributed by atoms with Gasteiger partial charge in [0.15, 0.2) is 0 Å². The summed E-state index contributed by atoms with van der Waals surface area (Å²) in [5, 5.41) is 8.99. The lowest BCUT2D eigenvalue weighted by atomic mass is 10.1. The molecular weight excluding hydrogens is 312 g/mol. The maximum atomic E-state index is 8.86. The second-order valence-corrected chi connectivity index (χ2v) is 12.0. The van der Waals surface area contributed by atoms with Gasteiger partial charge in [0.25, 0.3) is 8.32 Å². The average molecular weight is 337 g/mol. The molecule has 0 bridgehead atoms. The molecule has 2 rings (SSSR count). The molecular formula is C20H24N2OSi. The van der Waals surface area contributed by atoms with Crippen molar-refractivity contribution in [3.05, 3.63) is 59.4 Å². The van der Waals surface area contributed by atoms with Crippen LogP contribution < -0.4 is 4.43 Å². The number of nitriles is 1. The van der Waals surface area contributed by atoms with Crippen LogP contribution in [0.2, 0.25) is 18.1 Å². The normalized spacial score (nSPS) is 12.2. The molecule has 24 heavy (non-hydrogen) atoms. The molecule has 0 atom stereocenters. The molecule has 0 saturated carbocycles. The first-order valence-electron chi connectivity index (χ1n) is 8.05. The van der Waals surface area contributed by atoms with Gasteiger partial charge in [-0.2, -0.15) is 5.26 Å². The van der Waals surface area contributed by atoms with E-state index in [1.807, 2.05) is 48.6 Å². The van der Waals surface area contributed by atoms with Crippen LogP contribution in [0.15, 0.2) is 42.6 Å². The Balaban J connectivity index is 2.25. The topological polar surface area (TPSA) is 45.9 Å². The van der Waals surface area contributed by atoms with Gasteiger partial charge in [-0.15, -0.1) is 0 Å². The minimum Gasteiger partial charge on any atom is -0.542 e. The Labute approximate surface area is 145 Å². The first kappa shape index (κ1) is 18.0. The highest BCUT2D eigenvalue weighted by Crippen LogP contribution is 2.38. The Bertz CT molecular complexity index is 765. The first-order valence-corrected chi connectivity index (χ1v) is 11.0. The number of nitrogens with zero attached hydrogens (tertiary/aromatic N) is 2. The Morgan fingerprint density at radius 2 is 1.75 bits per heavy atom. The maximum Gasteiger partial charge on any atom is 0.250 e. The van der Waals surface area contributed by atoms with E-state index in [1.165, 1.54) is 0 Å². The van der Waals surface area contributed by atoms with E-state index in [-0.39, 0.29) is 5.04 Å². The molecule has 0 spiro atoms. The third-order valence-corrected chi connectivity index (χ3v) is 8.79. The van der Waals surface area contributed by atoms with Crippen LogP contribution in [0.3, 0.4) is 0 Å². The molecule has 3 nitrogen and oxygen atoms in total. The van der Waals surface area contributed by atoms with Crippen molar-refractivity contribution < 1.29 is 4.43 Å². The lowest BCUT2D eigenvalue weighted by molar-refractivity contribution is 0.489. The van der Waals surface area contributed by atoms with Gasteiger partial charge in [0, 0.05) is 6.20 Å². The predicted octanol–water partition coefficient (Wildman–Crippen LogP) is 5.51. The van der Waals surface area contributed by atoms with Gasteiger partial charge in [0.2, 0.25) is 0 Å². The van der Waals surface area contributed by atoms with Gasteiger partial charge in [-0.1, -0.05) is 39.0 Å². The van der Waals surface area contributed by atoms with Gasteiger partial charge < -0.3 is 4.43 Å². The molecule has 0 fully saturated rings. The van der Waals surface area contributed by atoms with Crippen molar-refractivity contribution in [3.63, 3.8) is 0 Å². The van der Waals surface area contributed by atoms with E-state index in [0.717, 1.165) is 17.0 Å². The predicted molar refractivity (Wildman–Crippen MR) is 102 cm³/mol. The lowest BCUT2D eigenvalue weighted by Gasteiger charge is -2.36. The highest BCUT2D eigenvalue weighted by molar-refractivity contribution is 6.74. The molecule has 0 N–H and O–H groups in total. The molecule has 1 aromatic heterocycles. The van der Waals surface area contributed by atoms with Gasteiger partial charge in [-0.3, -0.25) is 4.98 Å². The van der Waals surface area contributed by atoms with Crippen molar-refractivity contribution in [2.24, 2.45) is 0 Å². The zero-order valence-electron chi connectivity index (χ0n) is 15.0. The molecule has 0 amide bonds. The van der Waals surface area contributed by atoms with E-state index >= 15 is 0 Å². The van der Waals surface area contributed by atoms with E-state index in [0.29, 0.717) is 5.56 Å². The summed E-state index contributed by atoms with van der Waals surface area (Å²) in [6, 6.07) is 13.5. The molecule has 1 heterocycles. The minimum atomic E-state index is -1.91. The summed E-state index contributed by atoms with van der Waals surface area (Å²) >= 11 is 0. The maximum absolute atomic E-state index is 8.86. The van der Waals surface area contributed by atoms with Crippen LogP contribution in [0.1, 0.15) is 37.6 Å². The van der Waals surface area contributed by atoms with Crippen LogP contribution in [0.4, 0.5) is 0 Å². The van der Waals surface area contributed by atoms with Gasteiger partial charge >= 0.3 is 0 Å². The SMILES string of the molecule is CC(C)(C)[Si](C)(C)Oc1cccnc1C=Cc1ccc(C#N)cc1. The second kappa shape index (κ2) is 7.02. The molecule has 124 valence electrons. The number of hydrogen-bond acceptors (Lipinski definition) is 3. The number of rotatable bonds is 4. The van der Waals surface area contributed by atoms with Crippen molar-refractivity contribution >= 4 is 20.5 Å². The summed E-state index contributed by atoms with van der Waals surface area (Å²) < 4.78 is 6.40. The summed E-state index contributed by atoms with van der Waals surface area (Å²) in [7, 11) is -1.91. The molecule has 0 unspecified atom stereocenters. The quantitative estimate of drug-likeness (QED) is 0.692. The fraction of sp³-hybridized carbons (Fsp3) is 0.300. The zero-order chi connectivity index (χ0) is 17.8. The van der Waals surface area contributed by atoms with Crippen molar-refractivity contribution in [2.45, 2.75) is 38.9 Å². The highest BCUT2D eigenvalue weighted by atomic mass is 28.4. The summed E-state index contributed by atoms with van der Waals surface area (Å²) in [5.41, 5.74) is 2.51. The minimum absolute atomic E-state index is 0.136. The smallest absolute Gasteiger partial charge is 0.250 e. The summed E-state index contributed by atoms with van der Waals surface area (Å²) in [4.78, 5) is 4.45. The molecule has 0 aliphatic rings. The fourth-order valence-electron chi connectivity index (χ4n) is 1.89. The van der Waals surface area contributed by atoms with Crippen LogP contribution in [0.25, 0.3) is 12.2 Å². The van der Waals surface area contributed by atoms with Crippen molar-refractivity contribution in [1.82, 2.24) is 4.98 Å². The van der Waals surface area contributed by atoms with Crippen molar-refractivity contribution in [2.75, 3.05) is 0 Å². The third kappa shape index (κ3) is 4.33. The number of benzene rings is 1. The number of hydrogen-bond donors (Lipinski definition) is 0. The van der Waals surface area contributed by atoms with Crippen LogP contribution in [-0.2, 0) is 0 Å². The Kier molecular flexibility index (Phi) is 5.25. The molecule has 0 saturated heterocycles. The molecule has 0 aliphatic carbocycles. The van der Waals surface area contributed by atoms with Gasteiger partial charge in [0.1, 0.15) is 11.4 Å². The Morgan fingerprint density at radius 3 is 2.33 bits per heavy atom. The molecule has 1 aromatic carbocycles. The average Bonchev–Trinajstić information content (AvgIpc) is 2.53. The molecule has 4 heteroatoms. The van der Waals surface area contributed by atoms with Crippen LogP contribution in [0.5, 0.6) is 5.75 Å². The monoisotopic (exact) mass is 336 g/mol. The molecule has 2 aromatic rings. The summed E-state index contributed by atoms with van der Waals surface area (Å²) in [5.74, 6) is 0.828. The first-order chi connectivity index (χ1) is 11.2. The van der Waals surface area contributed by atoms with Gasteiger partial charge in [-0.05, 0) is 54.0 Å². The van der Waals surface area contributed by atoms with Crippen LogP contribution in [-0.4, -0.2) is 13.3 Å². The van der Waals surface area contributed by atoms with Gasteiger partial charge in [-0.25, -0.2) is 0 Å². The Hall–Kier alpha value is -2.38. The van der Waals surface area contributed by atoms with Crippen LogP contribution in [0, 0.1) is 11.3 Å². The van der Waals surface area contributed by atoms with Gasteiger partial charge in [0.05, 0.1) is 11.6 Å². The largest absolute Gasteiger partial charge is 0.542 e. The van der Waals surface area contributed by atoms with Crippen LogP contribution >= 0.6 is 0 Å². The second-order valence-electron chi connectivity index (χ2n) is 7.32. The van der Waals surface area contributed by atoms with E-state index in [4.69, 9.17) is 9.69 Å². The number of aromatic nitrogens is 1. The van der Waals surface area contributed by atoms with E-state index in [2.05, 4.69) is 44.9 Å². The highest BCUT2D eigenvalue weighted by Gasteiger charge is 2.39. The standard InChI is InChI=1S/C20H24N2OSi/c1-20(2,3)24(4,5)23-19-7-6-14-22-18(19)13-12-16-8-10-17(15-21)11-9-16/h6-14H,1-5H3. The van der Waals surface area contributed by atoms with Crippen molar-refractivity contribution in [1.29, 1.82) is 5.26 Å². The lowest BCUT2D eigenvalue weighted by Crippen LogP contribution is -2.44. The Morgan fingerprint density at radius 1 is 1.08 bits per heavy atom.